The molecule has 2 heterocycles. The highest BCUT2D eigenvalue weighted by Gasteiger charge is 2.32. The van der Waals surface area contributed by atoms with Crippen LogP contribution in [0.15, 0.2) is 29.6 Å². The molecule has 1 fully saturated rings. The van der Waals surface area contributed by atoms with Crippen LogP contribution in [0.5, 0.6) is 0 Å². The Labute approximate surface area is 117 Å². The first-order chi connectivity index (χ1) is 9.17. The van der Waals surface area contributed by atoms with Gasteiger partial charge in [-0.25, -0.2) is 4.39 Å². The minimum absolute atomic E-state index is 0.318. The third kappa shape index (κ3) is 2.67. The molecule has 3 rings (SSSR count). The molecule has 2 unspecified atom stereocenters. The number of thiophene rings is 1. The second kappa shape index (κ2) is 5.22. The van der Waals surface area contributed by atoms with Crippen molar-refractivity contribution in [3.8, 4) is 0 Å². The fraction of sp³-hybridized carbons (Fsp3) is 0.500. The van der Waals surface area contributed by atoms with Crippen molar-refractivity contribution in [3.63, 3.8) is 0 Å². The summed E-state index contributed by atoms with van der Waals surface area (Å²) in [6.45, 7) is 2.77. The second-order valence-electron chi connectivity index (χ2n) is 5.69. The Balaban J connectivity index is 1.88. The number of halogens is 1. The predicted molar refractivity (Wildman–Crippen MR) is 80.5 cm³/mol. The largest absolute Gasteiger partial charge is 0.314 e. The Morgan fingerprint density at radius 2 is 2.26 bits per heavy atom. The van der Waals surface area contributed by atoms with Crippen LogP contribution >= 0.6 is 11.3 Å². The molecule has 3 heteroatoms. The highest BCUT2D eigenvalue weighted by molar-refractivity contribution is 7.17. The number of benzene rings is 1. The molecule has 0 spiro atoms. The summed E-state index contributed by atoms with van der Waals surface area (Å²) in [7, 11) is 0. The van der Waals surface area contributed by atoms with Crippen LogP contribution in [0.1, 0.15) is 38.2 Å². The Morgan fingerprint density at radius 1 is 1.37 bits per heavy atom. The minimum atomic E-state index is -1.25. The SMILES string of the molecule is CC(F)(CC1CCCCN1)c1cccc2ccsc12. The molecule has 1 aliphatic rings. The van der Waals surface area contributed by atoms with Crippen molar-refractivity contribution in [2.45, 2.75) is 44.3 Å². The van der Waals surface area contributed by atoms with Crippen LogP contribution in [-0.4, -0.2) is 12.6 Å². The number of rotatable bonds is 3. The molecule has 102 valence electrons. The zero-order valence-corrected chi connectivity index (χ0v) is 12.1. The van der Waals surface area contributed by atoms with Crippen LogP contribution < -0.4 is 5.32 Å². The zero-order valence-electron chi connectivity index (χ0n) is 11.3. The molecule has 0 saturated carbocycles. The molecule has 0 bridgehead atoms. The van der Waals surface area contributed by atoms with Gasteiger partial charge in [0.2, 0.25) is 0 Å². The standard InChI is InChI=1S/C16H20FNS/c1-16(17,11-13-6-2-3-9-18-13)14-7-4-5-12-8-10-19-15(12)14/h4-5,7-8,10,13,18H,2-3,6,9,11H2,1H3. The van der Waals surface area contributed by atoms with Crippen molar-refractivity contribution in [2.75, 3.05) is 6.54 Å². The van der Waals surface area contributed by atoms with Crippen molar-refractivity contribution < 1.29 is 4.39 Å². The smallest absolute Gasteiger partial charge is 0.136 e. The van der Waals surface area contributed by atoms with Gasteiger partial charge in [0.05, 0.1) is 0 Å². The van der Waals surface area contributed by atoms with Gasteiger partial charge < -0.3 is 5.32 Å². The Hall–Kier alpha value is -0.930. The molecule has 1 aromatic heterocycles. The molecule has 1 nitrogen and oxygen atoms in total. The van der Waals surface area contributed by atoms with E-state index in [0.717, 1.165) is 28.6 Å². The number of hydrogen-bond acceptors (Lipinski definition) is 2. The second-order valence-corrected chi connectivity index (χ2v) is 6.61. The van der Waals surface area contributed by atoms with Crippen LogP contribution in [0.25, 0.3) is 10.1 Å². The van der Waals surface area contributed by atoms with Gasteiger partial charge in [-0.05, 0) is 43.1 Å². The van der Waals surface area contributed by atoms with Gasteiger partial charge in [0.15, 0.2) is 0 Å². The van der Waals surface area contributed by atoms with E-state index >= 15 is 4.39 Å². The normalized spacial score (nSPS) is 23.4. The number of piperidine rings is 1. The van der Waals surface area contributed by atoms with Crippen molar-refractivity contribution in [1.82, 2.24) is 5.32 Å². The maximum atomic E-state index is 15.2. The minimum Gasteiger partial charge on any atom is -0.314 e. The Morgan fingerprint density at radius 3 is 3.05 bits per heavy atom. The number of alkyl halides is 1. The number of fused-ring (bicyclic) bond motifs is 1. The quantitative estimate of drug-likeness (QED) is 0.863. The first-order valence-corrected chi connectivity index (χ1v) is 7.94. The van der Waals surface area contributed by atoms with Crippen molar-refractivity contribution in [1.29, 1.82) is 0 Å². The third-order valence-corrected chi connectivity index (χ3v) is 5.05. The van der Waals surface area contributed by atoms with E-state index < -0.39 is 5.67 Å². The molecule has 1 N–H and O–H groups in total. The topological polar surface area (TPSA) is 12.0 Å². The van der Waals surface area contributed by atoms with E-state index in [1.807, 2.05) is 17.5 Å². The Kier molecular flexibility index (Phi) is 3.59. The fourth-order valence-electron chi connectivity index (χ4n) is 3.07. The van der Waals surface area contributed by atoms with E-state index in [0.29, 0.717) is 12.5 Å². The molecule has 1 saturated heterocycles. The molecular formula is C16H20FNS. The van der Waals surface area contributed by atoms with Gasteiger partial charge in [-0.3, -0.25) is 0 Å². The summed E-state index contributed by atoms with van der Waals surface area (Å²) in [5.41, 5.74) is -0.397. The molecule has 19 heavy (non-hydrogen) atoms. The van der Waals surface area contributed by atoms with E-state index in [4.69, 9.17) is 0 Å². The molecule has 2 atom stereocenters. The summed E-state index contributed by atoms with van der Waals surface area (Å²) in [5.74, 6) is 0. The third-order valence-electron chi connectivity index (χ3n) is 4.08. The van der Waals surface area contributed by atoms with E-state index in [9.17, 15) is 0 Å². The van der Waals surface area contributed by atoms with Crippen LogP contribution in [0.2, 0.25) is 0 Å². The summed E-state index contributed by atoms with van der Waals surface area (Å²) in [5, 5.41) is 6.65. The monoisotopic (exact) mass is 277 g/mol. The first-order valence-electron chi connectivity index (χ1n) is 7.06. The first kappa shape index (κ1) is 13.1. The molecule has 0 aliphatic carbocycles. The highest BCUT2D eigenvalue weighted by Crippen LogP contribution is 2.38. The molecule has 2 aromatic rings. The zero-order chi connectivity index (χ0) is 13.3. The number of hydrogen-bond donors (Lipinski definition) is 1. The highest BCUT2D eigenvalue weighted by atomic mass is 32.1. The summed E-state index contributed by atoms with van der Waals surface area (Å²) in [6, 6.07) is 8.36. The van der Waals surface area contributed by atoms with Gasteiger partial charge in [-0.15, -0.1) is 11.3 Å². The van der Waals surface area contributed by atoms with Crippen molar-refractivity contribution in [2.24, 2.45) is 0 Å². The van der Waals surface area contributed by atoms with E-state index in [1.54, 1.807) is 18.3 Å². The lowest BCUT2D eigenvalue weighted by atomic mass is 9.87. The lowest BCUT2D eigenvalue weighted by molar-refractivity contribution is 0.148. The molecule has 0 radical (unpaired) electrons. The van der Waals surface area contributed by atoms with Gasteiger partial charge in [-0.1, -0.05) is 24.6 Å². The van der Waals surface area contributed by atoms with Crippen LogP contribution in [0.3, 0.4) is 0 Å². The summed E-state index contributed by atoms with van der Waals surface area (Å²) >= 11 is 1.64. The van der Waals surface area contributed by atoms with Gasteiger partial charge in [-0.2, -0.15) is 0 Å². The number of nitrogens with one attached hydrogen (secondary N) is 1. The average Bonchev–Trinajstić information content (AvgIpc) is 2.87. The van der Waals surface area contributed by atoms with E-state index in [2.05, 4.69) is 17.4 Å². The molecule has 0 amide bonds. The van der Waals surface area contributed by atoms with Crippen molar-refractivity contribution in [3.05, 3.63) is 35.2 Å². The lowest BCUT2D eigenvalue weighted by Gasteiger charge is -2.30. The summed E-state index contributed by atoms with van der Waals surface area (Å²) < 4.78 is 16.3. The summed E-state index contributed by atoms with van der Waals surface area (Å²) in [4.78, 5) is 0. The Bertz CT molecular complexity index is 555. The van der Waals surface area contributed by atoms with E-state index in [-0.39, 0.29) is 0 Å². The molecule has 1 aliphatic heterocycles. The van der Waals surface area contributed by atoms with Gasteiger partial charge in [0, 0.05) is 22.7 Å². The fourth-order valence-corrected chi connectivity index (χ4v) is 4.11. The van der Waals surface area contributed by atoms with Crippen LogP contribution in [0, 0.1) is 0 Å². The average molecular weight is 277 g/mol. The van der Waals surface area contributed by atoms with Crippen LogP contribution in [-0.2, 0) is 5.67 Å². The predicted octanol–water partition coefficient (Wildman–Crippen LogP) is 4.62. The van der Waals surface area contributed by atoms with Crippen molar-refractivity contribution >= 4 is 21.4 Å². The molecule has 1 aromatic carbocycles. The van der Waals surface area contributed by atoms with E-state index in [1.165, 1.54) is 12.8 Å². The van der Waals surface area contributed by atoms with Gasteiger partial charge >= 0.3 is 0 Å². The molecular weight excluding hydrogens is 257 g/mol. The van der Waals surface area contributed by atoms with Gasteiger partial charge in [0.25, 0.3) is 0 Å². The lowest BCUT2D eigenvalue weighted by Crippen LogP contribution is -2.38. The summed E-state index contributed by atoms with van der Waals surface area (Å²) in [6.07, 6.45) is 4.11. The van der Waals surface area contributed by atoms with Gasteiger partial charge in [0.1, 0.15) is 5.67 Å². The maximum absolute atomic E-state index is 15.2. The van der Waals surface area contributed by atoms with Crippen LogP contribution in [0.4, 0.5) is 4.39 Å². The maximum Gasteiger partial charge on any atom is 0.136 e.